The van der Waals surface area contributed by atoms with Gasteiger partial charge < -0.3 is 0 Å². The molecule has 0 saturated carbocycles. The Hall–Kier alpha value is -5.20. The van der Waals surface area contributed by atoms with Gasteiger partial charge in [-0.3, -0.25) is 0 Å². The Balaban J connectivity index is 1.93. The number of hydrogen-bond donors (Lipinski definition) is 0. The molecule has 1 aliphatic rings. The van der Waals surface area contributed by atoms with Crippen molar-refractivity contribution in [2.75, 3.05) is 0 Å². The maximum atomic E-state index is 4.17. The van der Waals surface area contributed by atoms with Crippen molar-refractivity contribution in [3.05, 3.63) is 193 Å². The van der Waals surface area contributed by atoms with Crippen LogP contribution in [0.4, 0.5) is 0 Å². The van der Waals surface area contributed by atoms with Crippen LogP contribution in [0.15, 0.2) is 165 Å². The van der Waals surface area contributed by atoms with Crippen molar-refractivity contribution in [2.45, 2.75) is 26.7 Å². The minimum Gasteiger partial charge on any atom is -0.0990 e. The number of aryl methyl sites for hydroxylation is 1. The summed E-state index contributed by atoms with van der Waals surface area (Å²) in [5, 5.41) is 4.95. The second-order valence-electron chi connectivity index (χ2n) is 10.8. The fourth-order valence-corrected chi connectivity index (χ4v) is 6.29. The van der Waals surface area contributed by atoms with Gasteiger partial charge in [-0.15, -0.1) is 0 Å². The molecule has 0 nitrogen and oxygen atoms in total. The van der Waals surface area contributed by atoms with Gasteiger partial charge in [0.2, 0.25) is 0 Å². The van der Waals surface area contributed by atoms with E-state index < -0.39 is 0 Å². The van der Waals surface area contributed by atoms with Gasteiger partial charge in [-0.25, -0.2) is 0 Å². The maximum Gasteiger partial charge on any atom is -0.00176 e. The smallest absolute Gasteiger partial charge is 0.00176 e. The van der Waals surface area contributed by atoms with Crippen molar-refractivity contribution in [3.8, 4) is 0 Å². The molecule has 0 aromatic heterocycles. The van der Waals surface area contributed by atoms with Crippen molar-refractivity contribution in [1.29, 1.82) is 0 Å². The van der Waals surface area contributed by atoms with Crippen LogP contribution in [-0.2, 0) is 6.42 Å². The number of allylic oxidation sites excluding steroid dienone is 15. The van der Waals surface area contributed by atoms with Crippen LogP contribution in [-0.4, -0.2) is 0 Å². The van der Waals surface area contributed by atoms with E-state index in [1.54, 1.807) is 6.08 Å². The van der Waals surface area contributed by atoms with Gasteiger partial charge in [0.1, 0.15) is 0 Å². The van der Waals surface area contributed by atoms with Crippen LogP contribution in [0.25, 0.3) is 44.3 Å². The van der Waals surface area contributed by atoms with E-state index in [4.69, 9.17) is 0 Å². The topological polar surface area (TPSA) is 0 Å². The molecule has 0 amide bonds. The van der Waals surface area contributed by atoms with Crippen LogP contribution in [0, 0.1) is 0 Å². The summed E-state index contributed by atoms with van der Waals surface area (Å²) >= 11 is 0. The van der Waals surface area contributed by atoms with E-state index in [1.807, 2.05) is 30.4 Å². The van der Waals surface area contributed by atoms with Crippen LogP contribution in [0.1, 0.15) is 48.1 Å². The lowest BCUT2D eigenvalue weighted by Gasteiger charge is -2.23. The quantitative estimate of drug-likeness (QED) is 0.132. The Morgan fingerprint density at radius 3 is 1.93 bits per heavy atom. The highest BCUT2D eigenvalue weighted by Gasteiger charge is 2.21. The predicted octanol–water partition coefficient (Wildman–Crippen LogP) is 12.4. The summed E-state index contributed by atoms with van der Waals surface area (Å²) in [5.41, 5.74) is 11.7. The molecular formula is C44H40. The monoisotopic (exact) mass is 568 g/mol. The van der Waals surface area contributed by atoms with Crippen LogP contribution >= 0.6 is 0 Å². The average molecular weight is 569 g/mol. The van der Waals surface area contributed by atoms with E-state index in [1.165, 1.54) is 49.4 Å². The molecule has 0 N–H and O–H groups in total. The number of fused-ring (bicyclic) bond motifs is 4. The van der Waals surface area contributed by atoms with E-state index in [0.29, 0.717) is 0 Å². The SMILES string of the molecule is C=C/C=C(C=C)/C(C=C)=C/C(=C\C)c1c2ccccc2c(C(/C=C(\C=C)c2ccccc2)=C/C)c2ccc3c(c12)C=CCC3. The Labute approximate surface area is 263 Å². The van der Waals surface area contributed by atoms with Gasteiger partial charge in [0.05, 0.1) is 0 Å². The lowest BCUT2D eigenvalue weighted by molar-refractivity contribution is 0.990. The van der Waals surface area contributed by atoms with E-state index >= 15 is 0 Å². The zero-order valence-corrected chi connectivity index (χ0v) is 25.9. The Kier molecular flexibility index (Phi) is 9.52. The van der Waals surface area contributed by atoms with Gasteiger partial charge >= 0.3 is 0 Å². The first-order chi connectivity index (χ1) is 21.6. The van der Waals surface area contributed by atoms with Gasteiger partial charge in [0, 0.05) is 0 Å². The summed E-state index contributed by atoms with van der Waals surface area (Å²) in [7, 11) is 0. The lowest BCUT2D eigenvalue weighted by atomic mass is 9.80. The highest BCUT2D eigenvalue weighted by atomic mass is 14.2. The molecule has 1 aliphatic carbocycles. The van der Waals surface area contributed by atoms with E-state index in [0.717, 1.165) is 40.7 Å². The summed E-state index contributed by atoms with van der Waals surface area (Å²) in [6.07, 6.45) is 25.2. The molecule has 0 heteroatoms. The minimum absolute atomic E-state index is 0.987. The average Bonchev–Trinajstić information content (AvgIpc) is 3.08. The normalized spacial score (nSPS) is 14.5. The third-order valence-corrected chi connectivity index (χ3v) is 8.40. The van der Waals surface area contributed by atoms with Gasteiger partial charge in [-0.1, -0.05) is 148 Å². The predicted molar refractivity (Wildman–Crippen MR) is 197 cm³/mol. The van der Waals surface area contributed by atoms with Crippen LogP contribution in [0.2, 0.25) is 0 Å². The Bertz CT molecular complexity index is 1960. The molecular weight excluding hydrogens is 528 g/mol. The summed E-state index contributed by atoms with van der Waals surface area (Å²) in [5.74, 6) is 0. The number of hydrogen-bond acceptors (Lipinski definition) is 0. The van der Waals surface area contributed by atoms with Crippen molar-refractivity contribution >= 4 is 44.3 Å². The van der Waals surface area contributed by atoms with Crippen molar-refractivity contribution in [3.63, 3.8) is 0 Å². The van der Waals surface area contributed by atoms with Crippen molar-refractivity contribution in [2.24, 2.45) is 0 Å². The molecule has 0 spiro atoms. The molecule has 44 heavy (non-hydrogen) atoms. The largest absolute Gasteiger partial charge is 0.0990 e. The molecule has 216 valence electrons. The highest BCUT2D eigenvalue weighted by Crippen LogP contribution is 2.44. The summed E-state index contributed by atoms with van der Waals surface area (Å²) in [6, 6.07) is 24.0. The highest BCUT2D eigenvalue weighted by molar-refractivity contribution is 6.20. The van der Waals surface area contributed by atoms with Crippen LogP contribution in [0.5, 0.6) is 0 Å². The van der Waals surface area contributed by atoms with Crippen molar-refractivity contribution in [1.82, 2.24) is 0 Å². The molecule has 0 heterocycles. The van der Waals surface area contributed by atoms with Crippen LogP contribution < -0.4 is 0 Å². The van der Waals surface area contributed by atoms with Crippen LogP contribution in [0.3, 0.4) is 0 Å². The van der Waals surface area contributed by atoms with Gasteiger partial charge in [0.25, 0.3) is 0 Å². The fraction of sp³-hybridized carbons (Fsp3) is 0.0909. The zero-order valence-electron chi connectivity index (χ0n) is 25.9. The first kappa shape index (κ1) is 30.3. The summed E-state index contributed by atoms with van der Waals surface area (Å²) in [4.78, 5) is 0. The Morgan fingerprint density at radius 2 is 1.30 bits per heavy atom. The van der Waals surface area contributed by atoms with Gasteiger partial charge in [-0.2, -0.15) is 0 Å². The molecule has 0 radical (unpaired) electrons. The van der Waals surface area contributed by atoms with Gasteiger partial charge in [-0.05, 0) is 116 Å². The molecule has 0 saturated heterocycles. The third kappa shape index (κ3) is 5.72. The number of rotatable bonds is 10. The molecule has 0 atom stereocenters. The molecule has 0 unspecified atom stereocenters. The molecule has 0 aliphatic heterocycles. The molecule has 0 fully saturated rings. The van der Waals surface area contributed by atoms with Crippen molar-refractivity contribution < 1.29 is 0 Å². The summed E-state index contributed by atoms with van der Waals surface area (Å²) < 4.78 is 0. The fourth-order valence-electron chi connectivity index (χ4n) is 6.29. The third-order valence-electron chi connectivity index (χ3n) is 8.40. The molecule has 5 rings (SSSR count). The van der Waals surface area contributed by atoms with Gasteiger partial charge in [0.15, 0.2) is 0 Å². The first-order valence-electron chi connectivity index (χ1n) is 15.3. The maximum absolute atomic E-state index is 4.17. The lowest BCUT2D eigenvalue weighted by Crippen LogP contribution is -2.01. The van der Waals surface area contributed by atoms with E-state index in [2.05, 4.69) is 137 Å². The Morgan fingerprint density at radius 1 is 0.636 bits per heavy atom. The number of benzene rings is 4. The van der Waals surface area contributed by atoms with E-state index in [-0.39, 0.29) is 0 Å². The van der Waals surface area contributed by atoms with E-state index in [9.17, 15) is 0 Å². The molecule has 0 bridgehead atoms. The molecule has 4 aromatic carbocycles. The second-order valence-corrected chi connectivity index (χ2v) is 10.8. The zero-order chi connectivity index (χ0) is 31.1. The second kappa shape index (κ2) is 13.8. The standard InChI is InChI=1S/C44H40/c1-7-20-31(8-2)32(9-3)29-35(12-6)43-40-26-19-18-25-39(40)42(41-28-27-37-23-16-17-24-38(37)44(41)43)34(11-5)30-33(10-4)36-21-14-13-15-22-36/h7-15,17-22,24-30H,1-4,16,23H2,5-6H3/b31-20+,32-29+,33-30+,34-11+,35-12+. The summed E-state index contributed by atoms with van der Waals surface area (Å²) in [6.45, 7) is 20.5. The molecule has 4 aromatic rings. The minimum atomic E-state index is 0.987. The first-order valence-corrected chi connectivity index (χ1v) is 15.3.